The van der Waals surface area contributed by atoms with Gasteiger partial charge >= 0.3 is 5.97 Å². The number of hydrogen-bond donors (Lipinski definition) is 0. The lowest BCUT2D eigenvalue weighted by molar-refractivity contribution is -0.141. The Balaban J connectivity index is 1.86. The highest BCUT2D eigenvalue weighted by Gasteiger charge is 2.10. The Morgan fingerprint density at radius 3 is 2.45 bits per heavy atom. The number of carbonyl (C=O) groups excluding carboxylic acids is 2. The van der Waals surface area contributed by atoms with E-state index in [0.717, 1.165) is 5.56 Å². The molecule has 2 aromatic rings. The molecule has 0 atom stereocenters. The van der Waals surface area contributed by atoms with Gasteiger partial charge in [-0.25, -0.2) is 0 Å². The van der Waals surface area contributed by atoms with Gasteiger partial charge in [0, 0.05) is 10.6 Å². The topological polar surface area (TPSA) is 43.4 Å². The van der Waals surface area contributed by atoms with Crippen LogP contribution in [-0.2, 0) is 16.0 Å². The number of Topliss-reactive ketones (excluding diaryl/α,β-unsaturated/α-hetero) is 1. The second-order valence-electron chi connectivity index (χ2n) is 4.26. The zero-order valence-electron chi connectivity index (χ0n) is 10.7. The van der Waals surface area contributed by atoms with Crippen molar-refractivity contribution in [3.8, 4) is 0 Å². The molecule has 0 heterocycles. The lowest BCUT2D eigenvalue weighted by Crippen LogP contribution is -2.15. The van der Waals surface area contributed by atoms with Crippen molar-refractivity contribution < 1.29 is 14.3 Å². The molecular weight excluding hydrogens is 276 g/mol. The smallest absolute Gasteiger partial charge is 0.310 e. The van der Waals surface area contributed by atoms with Crippen LogP contribution in [0.15, 0.2) is 54.6 Å². The molecule has 0 radical (unpaired) electrons. The fraction of sp³-hybridized carbons (Fsp3) is 0.125. The van der Waals surface area contributed by atoms with Gasteiger partial charge in [0.05, 0.1) is 6.42 Å². The van der Waals surface area contributed by atoms with Crippen molar-refractivity contribution in [1.82, 2.24) is 0 Å². The largest absolute Gasteiger partial charge is 0.457 e. The van der Waals surface area contributed by atoms with Gasteiger partial charge < -0.3 is 4.74 Å². The average Bonchev–Trinajstić information content (AvgIpc) is 2.46. The molecule has 0 fully saturated rings. The number of benzene rings is 2. The predicted octanol–water partition coefficient (Wildman–Crippen LogP) is 3.31. The predicted molar refractivity (Wildman–Crippen MR) is 76.9 cm³/mol. The van der Waals surface area contributed by atoms with E-state index in [1.807, 2.05) is 30.3 Å². The minimum atomic E-state index is -0.424. The average molecular weight is 289 g/mol. The maximum absolute atomic E-state index is 11.8. The quantitative estimate of drug-likeness (QED) is 0.626. The molecule has 3 nitrogen and oxygen atoms in total. The van der Waals surface area contributed by atoms with Gasteiger partial charge in [0.25, 0.3) is 0 Å². The third-order valence-electron chi connectivity index (χ3n) is 2.70. The number of esters is 1. The minimum Gasteiger partial charge on any atom is -0.457 e. The van der Waals surface area contributed by atoms with E-state index in [1.165, 1.54) is 0 Å². The van der Waals surface area contributed by atoms with Gasteiger partial charge in [-0.15, -0.1) is 0 Å². The molecule has 4 heteroatoms. The zero-order valence-corrected chi connectivity index (χ0v) is 11.5. The number of carbonyl (C=O) groups is 2. The number of ether oxygens (including phenoxy) is 1. The summed E-state index contributed by atoms with van der Waals surface area (Å²) in [5.74, 6) is -0.694. The Kier molecular flexibility index (Phi) is 4.91. The molecule has 0 aliphatic heterocycles. The molecule has 0 unspecified atom stereocenters. The molecule has 0 amide bonds. The van der Waals surface area contributed by atoms with Gasteiger partial charge in [0.15, 0.2) is 12.4 Å². The molecule has 0 aliphatic carbocycles. The number of hydrogen-bond acceptors (Lipinski definition) is 3. The van der Waals surface area contributed by atoms with Crippen molar-refractivity contribution >= 4 is 23.4 Å². The molecule has 0 aromatic heterocycles. The molecule has 0 saturated carbocycles. The fourth-order valence-corrected chi connectivity index (χ4v) is 1.90. The van der Waals surface area contributed by atoms with E-state index in [2.05, 4.69) is 0 Å². The van der Waals surface area contributed by atoms with Crippen LogP contribution < -0.4 is 0 Å². The molecule has 2 rings (SSSR count). The van der Waals surface area contributed by atoms with E-state index < -0.39 is 5.97 Å². The standard InChI is InChI=1S/C16H13ClO3/c17-14-8-4-7-13(10-14)15(18)11-20-16(19)9-12-5-2-1-3-6-12/h1-8,10H,9,11H2. The lowest BCUT2D eigenvalue weighted by atomic mass is 10.1. The Morgan fingerprint density at radius 1 is 1.00 bits per heavy atom. The van der Waals surface area contributed by atoms with E-state index in [4.69, 9.17) is 16.3 Å². The summed E-state index contributed by atoms with van der Waals surface area (Å²) in [6.45, 7) is -0.272. The molecule has 0 aliphatic rings. The molecular formula is C16H13ClO3. The van der Waals surface area contributed by atoms with E-state index in [1.54, 1.807) is 24.3 Å². The summed E-state index contributed by atoms with van der Waals surface area (Å²) in [6, 6.07) is 15.8. The summed E-state index contributed by atoms with van der Waals surface area (Å²) in [6.07, 6.45) is 0.156. The molecule has 102 valence electrons. The van der Waals surface area contributed by atoms with Crippen molar-refractivity contribution in [3.05, 3.63) is 70.7 Å². The highest BCUT2D eigenvalue weighted by atomic mass is 35.5. The Hall–Kier alpha value is -2.13. The SMILES string of the molecule is O=C(Cc1ccccc1)OCC(=O)c1cccc(Cl)c1. The Morgan fingerprint density at radius 2 is 1.75 bits per heavy atom. The molecule has 2 aromatic carbocycles. The van der Waals surface area contributed by atoms with Gasteiger partial charge in [-0.2, -0.15) is 0 Å². The van der Waals surface area contributed by atoms with E-state index in [9.17, 15) is 9.59 Å². The van der Waals surface area contributed by atoms with Crippen LogP contribution in [0.4, 0.5) is 0 Å². The second kappa shape index (κ2) is 6.87. The zero-order chi connectivity index (χ0) is 14.4. The van der Waals surface area contributed by atoms with Crippen LogP contribution in [0, 0.1) is 0 Å². The first-order valence-corrected chi connectivity index (χ1v) is 6.51. The van der Waals surface area contributed by atoms with Crippen LogP contribution in [-0.4, -0.2) is 18.4 Å². The highest BCUT2D eigenvalue weighted by molar-refractivity contribution is 6.31. The maximum Gasteiger partial charge on any atom is 0.310 e. The molecule has 0 N–H and O–H groups in total. The van der Waals surface area contributed by atoms with Gasteiger partial charge in [-0.1, -0.05) is 54.1 Å². The summed E-state index contributed by atoms with van der Waals surface area (Å²) in [7, 11) is 0. The van der Waals surface area contributed by atoms with E-state index in [-0.39, 0.29) is 18.8 Å². The van der Waals surface area contributed by atoms with Gasteiger partial charge in [0.1, 0.15) is 0 Å². The van der Waals surface area contributed by atoms with Crippen LogP contribution in [0.2, 0.25) is 5.02 Å². The van der Waals surface area contributed by atoms with Crippen molar-refractivity contribution in [3.63, 3.8) is 0 Å². The van der Waals surface area contributed by atoms with Crippen molar-refractivity contribution in [2.45, 2.75) is 6.42 Å². The first-order valence-electron chi connectivity index (χ1n) is 6.13. The Labute approximate surface area is 122 Å². The van der Waals surface area contributed by atoms with Gasteiger partial charge in [0.2, 0.25) is 0 Å². The number of ketones is 1. The molecule has 0 bridgehead atoms. The van der Waals surface area contributed by atoms with Crippen LogP contribution in [0.5, 0.6) is 0 Å². The third-order valence-corrected chi connectivity index (χ3v) is 2.94. The maximum atomic E-state index is 11.8. The lowest BCUT2D eigenvalue weighted by Gasteiger charge is -2.05. The molecule has 20 heavy (non-hydrogen) atoms. The number of rotatable bonds is 5. The minimum absolute atomic E-state index is 0.156. The monoisotopic (exact) mass is 288 g/mol. The normalized spacial score (nSPS) is 10.1. The summed E-state index contributed by atoms with van der Waals surface area (Å²) < 4.78 is 4.97. The fourth-order valence-electron chi connectivity index (χ4n) is 1.70. The van der Waals surface area contributed by atoms with Crippen molar-refractivity contribution in [2.75, 3.05) is 6.61 Å². The van der Waals surface area contributed by atoms with Crippen molar-refractivity contribution in [1.29, 1.82) is 0 Å². The first-order chi connectivity index (χ1) is 9.65. The first kappa shape index (κ1) is 14.3. The number of halogens is 1. The van der Waals surface area contributed by atoms with Crippen molar-refractivity contribution in [2.24, 2.45) is 0 Å². The van der Waals surface area contributed by atoms with Gasteiger partial charge in [-0.05, 0) is 17.7 Å². The van der Waals surface area contributed by atoms with Gasteiger partial charge in [-0.3, -0.25) is 9.59 Å². The molecule has 0 saturated heterocycles. The van der Waals surface area contributed by atoms with Crippen LogP contribution in [0.1, 0.15) is 15.9 Å². The van der Waals surface area contributed by atoms with E-state index in [0.29, 0.717) is 10.6 Å². The van der Waals surface area contributed by atoms with Crippen LogP contribution in [0.3, 0.4) is 0 Å². The van der Waals surface area contributed by atoms with E-state index >= 15 is 0 Å². The Bertz CT molecular complexity index is 608. The summed E-state index contributed by atoms with van der Waals surface area (Å²) >= 11 is 5.80. The second-order valence-corrected chi connectivity index (χ2v) is 4.69. The molecule has 0 spiro atoms. The van der Waals surface area contributed by atoms with Crippen LogP contribution in [0.25, 0.3) is 0 Å². The van der Waals surface area contributed by atoms with Crippen LogP contribution >= 0.6 is 11.6 Å². The third kappa shape index (κ3) is 4.21. The summed E-state index contributed by atoms with van der Waals surface area (Å²) in [4.78, 5) is 23.4. The highest BCUT2D eigenvalue weighted by Crippen LogP contribution is 2.11. The summed E-state index contributed by atoms with van der Waals surface area (Å²) in [5.41, 5.74) is 1.29. The summed E-state index contributed by atoms with van der Waals surface area (Å²) in [5, 5.41) is 0.478.